The van der Waals surface area contributed by atoms with Gasteiger partial charge in [-0.15, -0.1) is 0 Å². The molecule has 0 heterocycles. The summed E-state index contributed by atoms with van der Waals surface area (Å²) in [5, 5.41) is 14.0. The zero-order valence-corrected chi connectivity index (χ0v) is 11.6. The average Bonchev–Trinajstić information content (AvgIpc) is 2.35. The van der Waals surface area contributed by atoms with Crippen molar-refractivity contribution in [2.24, 2.45) is 5.92 Å². The number of hydrogen-bond acceptors (Lipinski definition) is 3. The molecule has 0 aliphatic carbocycles. The third kappa shape index (κ3) is 4.38. The Kier molecular flexibility index (Phi) is 5.25. The highest BCUT2D eigenvalue weighted by atomic mass is 16.4. The van der Waals surface area contributed by atoms with Crippen molar-refractivity contribution in [2.45, 2.75) is 26.8 Å². The van der Waals surface area contributed by atoms with Crippen LogP contribution in [0.1, 0.15) is 31.1 Å². The summed E-state index contributed by atoms with van der Waals surface area (Å²) in [6.45, 7) is 5.01. The zero-order chi connectivity index (χ0) is 15.3. The van der Waals surface area contributed by atoms with Crippen LogP contribution in [0, 0.1) is 5.92 Å². The van der Waals surface area contributed by atoms with Gasteiger partial charge in [0.1, 0.15) is 6.04 Å². The Morgan fingerprint density at radius 2 is 1.65 bits per heavy atom. The molecule has 1 aromatic carbocycles. The molecule has 108 valence electrons. The smallest absolute Gasteiger partial charge is 0.335 e. The highest BCUT2D eigenvalue weighted by Crippen LogP contribution is 2.11. The molecule has 1 unspecified atom stereocenters. The second kappa shape index (κ2) is 6.70. The Labute approximate surface area is 117 Å². The minimum absolute atomic E-state index is 0.0582. The van der Waals surface area contributed by atoms with Crippen LogP contribution in [0.15, 0.2) is 24.3 Å². The number of hydrogen-bond donors (Lipinski definition) is 3. The fourth-order valence-electron chi connectivity index (χ4n) is 1.67. The molecule has 0 aromatic heterocycles. The van der Waals surface area contributed by atoms with Crippen LogP contribution >= 0.6 is 0 Å². The summed E-state index contributed by atoms with van der Waals surface area (Å²) in [6, 6.07) is 5.19. The number of carboxylic acid groups (broad SMARTS) is 1. The lowest BCUT2D eigenvalue weighted by Crippen LogP contribution is -2.46. The van der Waals surface area contributed by atoms with E-state index < -0.39 is 12.0 Å². The quantitative estimate of drug-likeness (QED) is 0.760. The van der Waals surface area contributed by atoms with Gasteiger partial charge < -0.3 is 15.7 Å². The molecule has 20 heavy (non-hydrogen) atoms. The number of aromatic carboxylic acids is 1. The topological polar surface area (TPSA) is 95.5 Å². The van der Waals surface area contributed by atoms with Crippen molar-refractivity contribution >= 4 is 23.5 Å². The van der Waals surface area contributed by atoms with E-state index in [4.69, 9.17) is 5.11 Å². The lowest BCUT2D eigenvalue weighted by atomic mass is 10.0. The summed E-state index contributed by atoms with van der Waals surface area (Å²) in [5.41, 5.74) is 0.626. The molecule has 0 bridgehead atoms. The maximum absolute atomic E-state index is 12.1. The summed E-state index contributed by atoms with van der Waals surface area (Å²) in [5.74, 6) is -1.70. The summed E-state index contributed by atoms with van der Waals surface area (Å²) in [4.78, 5) is 33.9. The van der Waals surface area contributed by atoms with Crippen molar-refractivity contribution in [1.82, 2.24) is 5.32 Å². The number of carbonyl (C=O) groups is 3. The van der Waals surface area contributed by atoms with Crippen molar-refractivity contribution in [3.05, 3.63) is 29.8 Å². The number of carbonyl (C=O) groups excluding carboxylic acids is 2. The highest BCUT2D eigenvalue weighted by molar-refractivity contribution is 5.97. The summed E-state index contributed by atoms with van der Waals surface area (Å²) in [7, 11) is 0. The number of anilines is 1. The van der Waals surface area contributed by atoms with E-state index in [1.807, 2.05) is 13.8 Å². The zero-order valence-electron chi connectivity index (χ0n) is 11.6. The Morgan fingerprint density at radius 3 is 2.05 bits per heavy atom. The van der Waals surface area contributed by atoms with Crippen LogP contribution in [-0.4, -0.2) is 28.9 Å². The third-order valence-corrected chi connectivity index (χ3v) is 2.71. The van der Waals surface area contributed by atoms with E-state index in [0.717, 1.165) is 0 Å². The van der Waals surface area contributed by atoms with Gasteiger partial charge in [-0.05, 0) is 30.2 Å². The molecule has 0 spiro atoms. The standard InChI is InChI=1S/C14H18N2O4/c1-8(2)12(15-9(3)17)13(18)16-11-6-4-10(5-7-11)14(19)20/h4-8,12H,1-3H3,(H,15,17)(H,16,18)(H,19,20). The molecule has 6 nitrogen and oxygen atoms in total. The molecule has 1 atom stereocenters. The Balaban J connectivity index is 2.77. The third-order valence-electron chi connectivity index (χ3n) is 2.71. The van der Waals surface area contributed by atoms with E-state index in [0.29, 0.717) is 5.69 Å². The van der Waals surface area contributed by atoms with Crippen molar-refractivity contribution in [2.75, 3.05) is 5.32 Å². The molecular formula is C14H18N2O4. The Bertz CT molecular complexity index is 508. The molecule has 1 rings (SSSR count). The lowest BCUT2D eigenvalue weighted by molar-refractivity contribution is -0.126. The second-order valence-electron chi connectivity index (χ2n) is 4.79. The fraction of sp³-hybridized carbons (Fsp3) is 0.357. The first-order valence-electron chi connectivity index (χ1n) is 6.22. The molecular weight excluding hydrogens is 260 g/mol. The second-order valence-corrected chi connectivity index (χ2v) is 4.79. The van der Waals surface area contributed by atoms with Gasteiger partial charge in [0.15, 0.2) is 0 Å². The summed E-state index contributed by atoms with van der Waals surface area (Å²) < 4.78 is 0. The normalized spacial score (nSPS) is 11.8. The minimum Gasteiger partial charge on any atom is -0.478 e. The van der Waals surface area contributed by atoms with Crippen molar-refractivity contribution in [1.29, 1.82) is 0 Å². The van der Waals surface area contributed by atoms with E-state index in [9.17, 15) is 14.4 Å². The lowest BCUT2D eigenvalue weighted by Gasteiger charge is -2.20. The first-order valence-corrected chi connectivity index (χ1v) is 6.22. The molecule has 0 radical (unpaired) electrons. The number of carboxylic acids is 1. The molecule has 0 saturated heterocycles. The Morgan fingerprint density at radius 1 is 1.10 bits per heavy atom. The van der Waals surface area contributed by atoms with Crippen LogP contribution in [-0.2, 0) is 9.59 Å². The molecule has 0 aliphatic heterocycles. The van der Waals surface area contributed by atoms with Gasteiger partial charge in [-0.2, -0.15) is 0 Å². The fourth-order valence-corrected chi connectivity index (χ4v) is 1.67. The van der Waals surface area contributed by atoms with E-state index in [-0.39, 0.29) is 23.3 Å². The SMILES string of the molecule is CC(=O)NC(C(=O)Nc1ccc(C(=O)O)cc1)C(C)C. The first kappa shape index (κ1) is 15.7. The van der Waals surface area contributed by atoms with Crippen molar-refractivity contribution in [3.8, 4) is 0 Å². The van der Waals surface area contributed by atoms with Crippen LogP contribution in [0.25, 0.3) is 0 Å². The van der Waals surface area contributed by atoms with E-state index in [1.165, 1.54) is 31.2 Å². The minimum atomic E-state index is -1.03. The van der Waals surface area contributed by atoms with Gasteiger partial charge in [-0.1, -0.05) is 13.8 Å². The van der Waals surface area contributed by atoms with Crippen LogP contribution in [0.5, 0.6) is 0 Å². The molecule has 2 amide bonds. The number of nitrogens with one attached hydrogen (secondary N) is 2. The van der Waals surface area contributed by atoms with Gasteiger partial charge in [0.25, 0.3) is 0 Å². The van der Waals surface area contributed by atoms with Crippen LogP contribution < -0.4 is 10.6 Å². The number of amides is 2. The van der Waals surface area contributed by atoms with Crippen molar-refractivity contribution in [3.63, 3.8) is 0 Å². The molecule has 0 saturated carbocycles. The van der Waals surface area contributed by atoms with E-state index in [1.54, 1.807) is 0 Å². The molecule has 6 heteroatoms. The predicted octanol–water partition coefficient (Wildman–Crippen LogP) is 1.48. The molecule has 1 aromatic rings. The monoisotopic (exact) mass is 278 g/mol. The average molecular weight is 278 g/mol. The Hall–Kier alpha value is -2.37. The highest BCUT2D eigenvalue weighted by Gasteiger charge is 2.22. The molecule has 0 aliphatic rings. The van der Waals surface area contributed by atoms with Crippen molar-refractivity contribution < 1.29 is 19.5 Å². The van der Waals surface area contributed by atoms with Gasteiger partial charge in [0.05, 0.1) is 5.56 Å². The predicted molar refractivity (Wildman–Crippen MR) is 74.5 cm³/mol. The van der Waals surface area contributed by atoms with Gasteiger partial charge in [0.2, 0.25) is 11.8 Å². The first-order chi connectivity index (χ1) is 9.31. The number of rotatable bonds is 5. The van der Waals surface area contributed by atoms with Gasteiger partial charge in [0, 0.05) is 12.6 Å². The molecule has 3 N–H and O–H groups in total. The molecule has 0 fully saturated rings. The maximum Gasteiger partial charge on any atom is 0.335 e. The van der Waals surface area contributed by atoms with Gasteiger partial charge >= 0.3 is 5.97 Å². The summed E-state index contributed by atoms with van der Waals surface area (Å²) >= 11 is 0. The summed E-state index contributed by atoms with van der Waals surface area (Å²) in [6.07, 6.45) is 0. The van der Waals surface area contributed by atoms with Gasteiger partial charge in [-0.25, -0.2) is 4.79 Å². The van der Waals surface area contributed by atoms with Gasteiger partial charge in [-0.3, -0.25) is 9.59 Å². The van der Waals surface area contributed by atoms with Crippen LogP contribution in [0.2, 0.25) is 0 Å². The van der Waals surface area contributed by atoms with Crippen LogP contribution in [0.4, 0.5) is 5.69 Å². The largest absolute Gasteiger partial charge is 0.478 e. The number of benzene rings is 1. The maximum atomic E-state index is 12.1. The van der Waals surface area contributed by atoms with E-state index >= 15 is 0 Å². The van der Waals surface area contributed by atoms with Crippen LogP contribution in [0.3, 0.4) is 0 Å². The van der Waals surface area contributed by atoms with E-state index in [2.05, 4.69) is 10.6 Å².